The third-order valence-electron chi connectivity index (χ3n) is 9.97. The van der Waals surface area contributed by atoms with Crippen LogP contribution in [0.1, 0.15) is 25.0 Å². The SMILES string of the molecule is CC1(C)c2ccccc2-c2c1c1c3ccccc3n(-c3cc(-c4ccccc4)nc(-c4ccccc4)n3)c1c1oc3ccccc3c21. The van der Waals surface area contributed by atoms with Crippen LogP contribution in [-0.4, -0.2) is 14.5 Å². The molecule has 0 fully saturated rings. The van der Waals surface area contributed by atoms with Crippen LogP contribution in [-0.2, 0) is 5.41 Å². The van der Waals surface area contributed by atoms with E-state index in [0.717, 1.165) is 55.6 Å². The number of hydrogen-bond donors (Lipinski definition) is 0. The molecule has 4 heteroatoms. The highest BCUT2D eigenvalue weighted by Gasteiger charge is 2.41. The third-order valence-corrected chi connectivity index (χ3v) is 9.97. The van der Waals surface area contributed by atoms with Crippen LogP contribution in [0.25, 0.3) is 83.3 Å². The summed E-state index contributed by atoms with van der Waals surface area (Å²) >= 11 is 0. The molecule has 0 saturated heterocycles. The molecule has 0 unspecified atom stereocenters. The molecule has 3 heterocycles. The molecule has 0 aliphatic heterocycles. The number of hydrogen-bond acceptors (Lipinski definition) is 3. The molecule has 3 aromatic heterocycles. The van der Waals surface area contributed by atoms with Gasteiger partial charge >= 0.3 is 0 Å². The van der Waals surface area contributed by atoms with E-state index < -0.39 is 0 Å². The summed E-state index contributed by atoms with van der Waals surface area (Å²) in [6, 6.07) is 48.8. The molecular weight excluding hydrogens is 574 g/mol. The van der Waals surface area contributed by atoms with Crippen LogP contribution < -0.4 is 0 Å². The predicted molar refractivity (Wildman–Crippen MR) is 192 cm³/mol. The smallest absolute Gasteiger partial charge is 0.162 e. The summed E-state index contributed by atoms with van der Waals surface area (Å²) < 4.78 is 9.25. The zero-order chi connectivity index (χ0) is 31.3. The highest BCUT2D eigenvalue weighted by molar-refractivity contribution is 6.29. The Bertz CT molecular complexity index is 2640. The fourth-order valence-electron chi connectivity index (χ4n) is 7.95. The Morgan fingerprint density at radius 1 is 0.617 bits per heavy atom. The first-order chi connectivity index (χ1) is 23.1. The highest BCUT2D eigenvalue weighted by Crippen LogP contribution is 2.57. The van der Waals surface area contributed by atoms with Crippen molar-refractivity contribution in [3.63, 3.8) is 0 Å². The molecule has 4 nitrogen and oxygen atoms in total. The van der Waals surface area contributed by atoms with Crippen LogP contribution in [0.15, 0.2) is 144 Å². The molecule has 0 N–H and O–H groups in total. The second kappa shape index (κ2) is 9.51. The lowest BCUT2D eigenvalue weighted by molar-refractivity contribution is 0.663. The molecule has 0 atom stereocenters. The zero-order valence-corrected chi connectivity index (χ0v) is 26.0. The van der Waals surface area contributed by atoms with Crippen molar-refractivity contribution in [1.29, 1.82) is 0 Å². The molecule has 0 amide bonds. The minimum Gasteiger partial charge on any atom is -0.454 e. The van der Waals surface area contributed by atoms with Crippen LogP contribution >= 0.6 is 0 Å². The molecule has 0 radical (unpaired) electrons. The zero-order valence-electron chi connectivity index (χ0n) is 26.0. The van der Waals surface area contributed by atoms with E-state index in [4.69, 9.17) is 14.4 Å². The number of rotatable bonds is 3. The van der Waals surface area contributed by atoms with Gasteiger partial charge < -0.3 is 4.42 Å². The number of nitrogens with zero attached hydrogens (tertiary/aromatic N) is 3. The van der Waals surface area contributed by atoms with Crippen molar-refractivity contribution in [2.24, 2.45) is 0 Å². The topological polar surface area (TPSA) is 43.9 Å². The molecule has 0 saturated carbocycles. The average Bonchev–Trinajstić information content (AvgIpc) is 3.75. The fourth-order valence-corrected chi connectivity index (χ4v) is 7.95. The Morgan fingerprint density at radius 2 is 1.28 bits per heavy atom. The minimum absolute atomic E-state index is 0.234. The number of furan rings is 1. The third kappa shape index (κ3) is 3.58. The van der Waals surface area contributed by atoms with Crippen molar-refractivity contribution < 1.29 is 4.42 Å². The first-order valence-electron chi connectivity index (χ1n) is 16.1. The molecule has 1 aliphatic carbocycles. The lowest BCUT2D eigenvalue weighted by Crippen LogP contribution is -2.15. The van der Waals surface area contributed by atoms with Gasteiger partial charge in [-0.05, 0) is 34.4 Å². The predicted octanol–water partition coefficient (Wildman–Crippen LogP) is 11.1. The molecule has 6 aromatic carbocycles. The van der Waals surface area contributed by atoms with Gasteiger partial charge in [-0.15, -0.1) is 0 Å². The van der Waals surface area contributed by atoms with Gasteiger partial charge in [0.25, 0.3) is 0 Å². The van der Waals surface area contributed by atoms with Crippen molar-refractivity contribution in [2.75, 3.05) is 0 Å². The van der Waals surface area contributed by atoms with Crippen molar-refractivity contribution >= 4 is 43.7 Å². The lowest BCUT2D eigenvalue weighted by atomic mass is 9.80. The maximum Gasteiger partial charge on any atom is 0.162 e. The fraction of sp³-hybridized carbons (Fsp3) is 0.0698. The molecule has 0 bridgehead atoms. The summed E-state index contributed by atoms with van der Waals surface area (Å²) in [6.07, 6.45) is 0. The summed E-state index contributed by atoms with van der Waals surface area (Å²) in [5.41, 5.74) is 11.8. The van der Waals surface area contributed by atoms with E-state index >= 15 is 0 Å². The summed E-state index contributed by atoms with van der Waals surface area (Å²) in [6.45, 7) is 4.73. The van der Waals surface area contributed by atoms with E-state index in [2.05, 4.69) is 134 Å². The number of fused-ring (bicyclic) bond motifs is 12. The molecule has 1 aliphatic rings. The van der Waals surface area contributed by atoms with Gasteiger partial charge in [0.15, 0.2) is 11.4 Å². The normalized spacial score (nSPS) is 13.5. The Labute approximate surface area is 271 Å². The Hall–Kier alpha value is -6.00. The first-order valence-corrected chi connectivity index (χ1v) is 16.1. The summed E-state index contributed by atoms with van der Waals surface area (Å²) in [5.74, 6) is 1.49. The maximum absolute atomic E-state index is 6.93. The minimum atomic E-state index is -0.234. The highest BCUT2D eigenvalue weighted by atomic mass is 16.3. The first kappa shape index (κ1) is 26.2. The van der Waals surface area contributed by atoms with Crippen LogP contribution in [0.5, 0.6) is 0 Å². The average molecular weight is 604 g/mol. The Balaban J connectivity index is 1.43. The Kier molecular flexibility index (Phi) is 5.31. The molecular formula is C43H29N3O. The van der Waals surface area contributed by atoms with Crippen molar-refractivity contribution in [3.8, 4) is 39.6 Å². The molecule has 47 heavy (non-hydrogen) atoms. The van der Waals surface area contributed by atoms with Gasteiger partial charge in [0.05, 0.1) is 16.7 Å². The van der Waals surface area contributed by atoms with Crippen LogP contribution in [0.4, 0.5) is 0 Å². The molecule has 222 valence electrons. The second-order valence-corrected chi connectivity index (χ2v) is 13.0. The molecule has 0 spiro atoms. The monoisotopic (exact) mass is 603 g/mol. The van der Waals surface area contributed by atoms with Crippen LogP contribution in [0, 0.1) is 0 Å². The van der Waals surface area contributed by atoms with Crippen molar-refractivity contribution in [2.45, 2.75) is 19.3 Å². The Morgan fingerprint density at radius 3 is 2.09 bits per heavy atom. The molecule has 10 rings (SSSR count). The molecule has 9 aromatic rings. The van der Waals surface area contributed by atoms with E-state index in [0.29, 0.717) is 5.82 Å². The standard InChI is InChI=1S/C43H29N3O/c1-43(2)31-22-12-9-19-28(31)36-37-30-21-11-14-24-34(30)47-41(37)40-38(39(36)43)29-20-10-13-23-33(29)46(40)35-25-32(26-15-5-3-6-16-26)44-42(45-35)27-17-7-4-8-18-27/h3-25H,1-2H3. The largest absolute Gasteiger partial charge is 0.454 e. The summed E-state index contributed by atoms with van der Waals surface area (Å²) in [5, 5.41) is 4.68. The van der Waals surface area contributed by atoms with Crippen LogP contribution in [0.3, 0.4) is 0 Å². The van der Waals surface area contributed by atoms with Gasteiger partial charge in [-0.3, -0.25) is 4.57 Å². The van der Waals surface area contributed by atoms with E-state index in [1.54, 1.807) is 0 Å². The van der Waals surface area contributed by atoms with Crippen molar-refractivity contribution in [3.05, 3.63) is 151 Å². The van der Waals surface area contributed by atoms with E-state index in [1.807, 2.05) is 24.3 Å². The van der Waals surface area contributed by atoms with E-state index in [9.17, 15) is 0 Å². The van der Waals surface area contributed by atoms with E-state index in [-0.39, 0.29) is 5.41 Å². The van der Waals surface area contributed by atoms with Gasteiger partial charge in [-0.25, -0.2) is 9.97 Å². The lowest BCUT2D eigenvalue weighted by Gasteiger charge is -2.23. The maximum atomic E-state index is 6.93. The second-order valence-electron chi connectivity index (χ2n) is 13.0. The van der Waals surface area contributed by atoms with Gasteiger partial charge in [0, 0.05) is 44.2 Å². The van der Waals surface area contributed by atoms with Gasteiger partial charge in [-0.2, -0.15) is 0 Å². The number of benzene rings is 6. The number of aromatic nitrogens is 3. The van der Waals surface area contributed by atoms with Gasteiger partial charge in [-0.1, -0.05) is 135 Å². The van der Waals surface area contributed by atoms with Crippen LogP contribution in [0.2, 0.25) is 0 Å². The summed E-state index contributed by atoms with van der Waals surface area (Å²) in [7, 11) is 0. The van der Waals surface area contributed by atoms with Crippen molar-refractivity contribution in [1.82, 2.24) is 14.5 Å². The van der Waals surface area contributed by atoms with E-state index in [1.165, 1.54) is 33.0 Å². The van der Waals surface area contributed by atoms with Gasteiger partial charge in [0.1, 0.15) is 11.4 Å². The quantitative estimate of drug-likeness (QED) is 0.202. The summed E-state index contributed by atoms with van der Waals surface area (Å²) in [4.78, 5) is 10.4. The number of para-hydroxylation sites is 2. The van der Waals surface area contributed by atoms with Gasteiger partial charge in [0.2, 0.25) is 0 Å².